The van der Waals surface area contributed by atoms with Crippen LogP contribution in [0.25, 0.3) is 0 Å². The minimum atomic E-state index is -0.611. The topological polar surface area (TPSA) is 89.9 Å². The van der Waals surface area contributed by atoms with Gasteiger partial charge in [0.25, 0.3) is 0 Å². The molecule has 0 radical (unpaired) electrons. The molecule has 204 valence electrons. The molecule has 1 aliphatic heterocycles. The van der Waals surface area contributed by atoms with Crippen LogP contribution in [0.4, 0.5) is 0 Å². The fraction of sp³-hybridized carbons (Fsp3) is 0.792. The van der Waals surface area contributed by atoms with E-state index in [9.17, 15) is 19.5 Å². The number of carbonyl (C=O) groups excluding carboxylic acids is 3. The maximum atomic E-state index is 12.9. The number of hydrogen-bond donors (Lipinski definition) is 1. The van der Waals surface area contributed by atoms with Gasteiger partial charge in [0.05, 0.1) is 19.1 Å². The van der Waals surface area contributed by atoms with E-state index in [1.54, 1.807) is 6.08 Å². The molecular formula is C24H42O6S5. The Kier molecular flexibility index (Phi) is 11.9. The number of methoxy groups -OCH3 is 1. The quantitative estimate of drug-likeness (QED) is 0.473. The highest BCUT2D eigenvalue weighted by Gasteiger charge is 2.71. The molecule has 1 spiro atoms. The molecule has 0 amide bonds. The smallest absolute Gasteiger partial charge is 0.309 e. The van der Waals surface area contributed by atoms with Crippen LogP contribution in [0.2, 0.25) is 0 Å². The highest BCUT2D eigenvalue weighted by atomic mass is 32.1. The van der Waals surface area contributed by atoms with Crippen molar-refractivity contribution in [1.82, 2.24) is 0 Å². The highest BCUT2D eigenvalue weighted by Crippen LogP contribution is 2.70. The van der Waals surface area contributed by atoms with E-state index in [4.69, 9.17) is 9.47 Å². The molecule has 0 aromatic rings. The number of aliphatic hydroxyl groups is 1. The molecule has 11 heteroatoms. The lowest BCUT2D eigenvalue weighted by atomic mass is 9.43. The normalized spacial score (nSPS) is 42.6. The number of ketones is 1. The fourth-order valence-corrected chi connectivity index (χ4v) is 8.35. The van der Waals surface area contributed by atoms with E-state index in [0.717, 1.165) is 18.4 Å². The Labute approximate surface area is 243 Å². The number of rotatable bonds is 1. The zero-order valence-corrected chi connectivity index (χ0v) is 25.6. The van der Waals surface area contributed by atoms with Crippen molar-refractivity contribution in [2.45, 2.75) is 76.9 Å². The third-order valence-corrected chi connectivity index (χ3v) is 9.79. The lowest BCUT2D eigenvalue weighted by Crippen LogP contribution is -2.62. The molecule has 0 bridgehead atoms. The first-order chi connectivity index (χ1) is 14.1. The summed E-state index contributed by atoms with van der Waals surface area (Å²) < 4.78 is 11.2. The fourth-order valence-electron chi connectivity index (χ4n) is 8.35. The molecule has 1 saturated heterocycles. The van der Waals surface area contributed by atoms with Gasteiger partial charge < -0.3 is 14.6 Å². The largest absolute Gasteiger partial charge is 0.469 e. The molecule has 0 aromatic carbocycles. The summed E-state index contributed by atoms with van der Waals surface area (Å²) in [6, 6.07) is 0. The Hall–Kier alpha value is 0.0600. The van der Waals surface area contributed by atoms with Crippen LogP contribution in [-0.2, 0) is 23.9 Å². The maximum absolute atomic E-state index is 12.9. The second-order valence-corrected chi connectivity index (χ2v) is 10.8. The van der Waals surface area contributed by atoms with Gasteiger partial charge in [-0.15, -0.1) is 0 Å². The Morgan fingerprint density at radius 2 is 1.71 bits per heavy atom. The van der Waals surface area contributed by atoms with Crippen LogP contribution >= 0.6 is 67.5 Å². The highest BCUT2D eigenvalue weighted by molar-refractivity contribution is 7.60. The van der Waals surface area contributed by atoms with Gasteiger partial charge in [-0.25, -0.2) is 0 Å². The first-order valence-electron chi connectivity index (χ1n) is 11.4. The predicted molar refractivity (Wildman–Crippen MR) is 159 cm³/mol. The summed E-state index contributed by atoms with van der Waals surface area (Å²) in [5.74, 6) is -0.636. The van der Waals surface area contributed by atoms with Gasteiger partial charge in [0.2, 0.25) is 0 Å². The number of aliphatic hydroxyl groups excluding tert-OH is 1. The Morgan fingerprint density at radius 3 is 2.29 bits per heavy atom. The lowest BCUT2D eigenvalue weighted by Gasteiger charge is -2.62. The van der Waals surface area contributed by atoms with E-state index in [0.29, 0.717) is 38.5 Å². The summed E-state index contributed by atoms with van der Waals surface area (Å²) in [6.07, 6.45) is 6.21. The Bertz CT molecular complexity index is 867. The second-order valence-electron chi connectivity index (χ2n) is 10.8. The average molecular weight is 587 g/mol. The molecule has 6 nitrogen and oxygen atoms in total. The van der Waals surface area contributed by atoms with Crippen LogP contribution in [-0.4, -0.2) is 41.6 Å². The molecule has 1 N–H and O–H groups in total. The molecule has 3 saturated carbocycles. The van der Waals surface area contributed by atoms with Crippen LogP contribution in [0.15, 0.2) is 11.6 Å². The van der Waals surface area contributed by atoms with Crippen molar-refractivity contribution in [3.63, 3.8) is 0 Å². The maximum Gasteiger partial charge on any atom is 0.309 e. The number of carbonyl (C=O) groups is 3. The minimum absolute atomic E-state index is 0. The number of ether oxygens (including phenoxy) is 2. The molecule has 0 aromatic heterocycles. The molecular weight excluding hydrogens is 545 g/mol. The van der Waals surface area contributed by atoms with Crippen LogP contribution in [0.1, 0.15) is 65.2 Å². The second kappa shape index (κ2) is 11.8. The van der Waals surface area contributed by atoms with Crippen LogP contribution < -0.4 is 0 Å². The monoisotopic (exact) mass is 586 g/mol. The third kappa shape index (κ3) is 4.84. The zero-order chi connectivity index (χ0) is 21.5. The summed E-state index contributed by atoms with van der Waals surface area (Å²) in [5, 5.41) is 11.6. The molecule has 5 aliphatic rings. The standard InChI is InChI=1S/C24H32O6.5H2S/c1-22-7-4-14(25)10-13(22)11-15(21(28)29-3)19-16-5-8-24(9-6-18(27)30-24)23(16,2)12-17(26)20(19)22;;;;;/h10,15-17,19-20,26H,4-9,11-12H2,1-3H3;5*1H2/t15?,16?,17-,19-,20?,22-,23-,24+;;;;;/m0...../s1. The van der Waals surface area contributed by atoms with E-state index in [1.165, 1.54) is 7.11 Å². The average Bonchev–Trinajstić information content (AvgIpc) is 3.21. The zero-order valence-electron chi connectivity index (χ0n) is 20.6. The van der Waals surface area contributed by atoms with Gasteiger partial charge >= 0.3 is 11.9 Å². The van der Waals surface area contributed by atoms with E-state index >= 15 is 0 Å². The van der Waals surface area contributed by atoms with E-state index < -0.39 is 11.7 Å². The SMILES string of the molecule is COC(=O)C1CC2=CC(=O)CC[C@]2(C)C2[C@@H]1C1CC[C@@]3(CCC(=O)O3)[C@@]1(C)C[C@@H]2O.S.S.S.S.S. The van der Waals surface area contributed by atoms with Gasteiger partial charge in [-0.1, -0.05) is 19.4 Å². The van der Waals surface area contributed by atoms with Crippen molar-refractivity contribution in [1.29, 1.82) is 0 Å². The van der Waals surface area contributed by atoms with Crippen LogP contribution in [0.3, 0.4) is 0 Å². The Balaban J connectivity index is 0.00000231. The van der Waals surface area contributed by atoms with E-state index in [1.807, 2.05) is 0 Å². The molecule has 4 fully saturated rings. The number of fused-ring (bicyclic) bond motifs is 6. The van der Waals surface area contributed by atoms with Gasteiger partial charge in [0.15, 0.2) is 5.78 Å². The van der Waals surface area contributed by atoms with Crippen molar-refractivity contribution in [3.05, 3.63) is 11.6 Å². The summed E-state index contributed by atoms with van der Waals surface area (Å²) in [7, 11) is 1.42. The van der Waals surface area contributed by atoms with Gasteiger partial charge in [0.1, 0.15) is 5.60 Å². The lowest BCUT2D eigenvalue weighted by molar-refractivity contribution is -0.197. The molecule has 35 heavy (non-hydrogen) atoms. The molecule has 5 rings (SSSR count). The molecule has 1 heterocycles. The first-order valence-corrected chi connectivity index (χ1v) is 11.4. The van der Waals surface area contributed by atoms with Gasteiger partial charge in [-0.05, 0) is 67.8 Å². The van der Waals surface area contributed by atoms with Gasteiger partial charge in [-0.3, -0.25) is 14.4 Å². The van der Waals surface area contributed by atoms with Crippen LogP contribution in [0, 0.1) is 34.5 Å². The molecule has 8 atom stereocenters. The Morgan fingerprint density at radius 1 is 1.06 bits per heavy atom. The van der Waals surface area contributed by atoms with Crippen molar-refractivity contribution >= 4 is 85.2 Å². The summed E-state index contributed by atoms with van der Waals surface area (Å²) >= 11 is 0. The minimum Gasteiger partial charge on any atom is -0.469 e. The van der Waals surface area contributed by atoms with Gasteiger partial charge in [-0.2, -0.15) is 67.5 Å². The number of hydrogen-bond acceptors (Lipinski definition) is 6. The number of esters is 2. The first kappa shape index (κ1) is 35.1. The van der Waals surface area contributed by atoms with Crippen molar-refractivity contribution in [3.8, 4) is 0 Å². The summed E-state index contributed by atoms with van der Waals surface area (Å²) in [6.45, 7) is 4.33. The van der Waals surface area contributed by atoms with Crippen LogP contribution in [0.5, 0.6) is 0 Å². The van der Waals surface area contributed by atoms with E-state index in [-0.39, 0.29) is 120 Å². The molecule has 3 unspecified atom stereocenters. The van der Waals surface area contributed by atoms with Gasteiger partial charge in [0, 0.05) is 18.3 Å². The molecule has 4 aliphatic carbocycles. The summed E-state index contributed by atoms with van der Waals surface area (Å²) in [4.78, 5) is 37.2. The third-order valence-electron chi connectivity index (χ3n) is 9.79. The number of allylic oxidation sites excluding steroid dienone is 1. The van der Waals surface area contributed by atoms with Crippen molar-refractivity contribution in [2.24, 2.45) is 34.5 Å². The van der Waals surface area contributed by atoms with E-state index in [2.05, 4.69) is 13.8 Å². The summed E-state index contributed by atoms with van der Waals surface area (Å²) in [5.41, 5.74) is -0.168. The van der Waals surface area contributed by atoms with Crippen molar-refractivity contribution < 1.29 is 29.0 Å². The van der Waals surface area contributed by atoms with Crippen molar-refractivity contribution in [2.75, 3.05) is 7.11 Å². The predicted octanol–water partition coefficient (Wildman–Crippen LogP) is 3.53.